The van der Waals surface area contributed by atoms with E-state index >= 15 is 0 Å². The monoisotopic (exact) mass is 359 g/mol. The minimum atomic E-state index is -0.370. The number of hydrogen-bond donors (Lipinski definition) is 2. The van der Waals surface area contributed by atoms with Crippen LogP contribution in [-0.2, 0) is 4.74 Å². The van der Waals surface area contributed by atoms with Crippen molar-refractivity contribution in [2.75, 3.05) is 11.9 Å². The Balaban J connectivity index is 0.00000192. The van der Waals surface area contributed by atoms with Gasteiger partial charge in [0.1, 0.15) is 10.7 Å². The number of rotatable bonds is 4. The Morgan fingerprint density at radius 2 is 1.96 bits per heavy atom. The lowest BCUT2D eigenvalue weighted by Gasteiger charge is -2.52. The lowest BCUT2D eigenvalue weighted by Crippen LogP contribution is -2.57. The van der Waals surface area contributed by atoms with E-state index in [2.05, 4.69) is 10.3 Å². The van der Waals surface area contributed by atoms with Crippen LogP contribution in [0.4, 0.5) is 5.69 Å². The Labute approximate surface area is 147 Å². The Hall–Kier alpha value is -1.04. The molecule has 0 atom stereocenters. The molecular formula is C16H23Cl2N3O2. The van der Waals surface area contributed by atoms with Crippen LogP contribution in [0.1, 0.15) is 55.8 Å². The van der Waals surface area contributed by atoms with Gasteiger partial charge in [-0.3, -0.25) is 0 Å². The van der Waals surface area contributed by atoms with E-state index in [0.717, 1.165) is 38.5 Å². The van der Waals surface area contributed by atoms with E-state index in [4.69, 9.17) is 22.1 Å². The lowest BCUT2D eigenvalue weighted by molar-refractivity contribution is 0.0526. The second-order valence-corrected chi connectivity index (χ2v) is 6.93. The van der Waals surface area contributed by atoms with E-state index in [1.54, 1.807) is 13.0 Å². The van der Waals surface area contributed by atoms with Crippen molar-refractivity contribution in [3.05, 3.63) is 23.0 Å². The number of esters is 1. The third-order valence-corrected chi connectivity index (χ3v) is 5.28. The molecule has 0 amide bonds. The first-order valence-electron chi connectivity index (χ1n) is 7.85. The van der Waals surface area contributed by atoms with Crippen LogP contribution in [0.3, 0.4) is 0 Å². The van der Waals surface area contributed by atoms with Gasteiger partial charge in [0.2, 0.25) is 0 Å². The number of hydrogen-bond acceptors (Lipinski definition) is 5. The van der Waals surface area contributed by atoms with Gasteiger partial charge in [-0.2, -0.15) is 0 Å². The van der Waals surface area contributed by atoms with Crippen molar-refractivity contribution < 1.29 is 9.53 Å². The summed E-state index contributed by atoms with van der Waals surface area (Å²) in [6.45, 7) is 2.12. The molecule has 7 heteroatoms. The number of nitrogens with two attached hydrogens (primary N) is 1. The number of carbonyl (C=O) groups is 1. The fourth-order valence-electron chi connectivity index (χ4n) is 3.59. The molecular weight excluding hydrogens is 337 g/mol. The molecule has 1 aromatic rings. The van der Waals surface area contributed by atoms with Crippen molar-refractivity contribution in [1.82, 2.24) is 4.98 Å². The van der Waals surface area contributed by atoms with Crippen molar-refractivity contribution in [3.63, 3.8) is 0 Å². The van der Waals surface area contributed by atoms with Crippen molar-refractivity contribution in [2.24, 2.45) is 5.73 Å². The molecule has 0 spiro atoms. The SMILES string of the molecule is CCOC(=O)c1cnc(Cl)cc1NC12CCC(N)(CC1)CC2.Cl. The summed E-state index contributed by atoms with van der Waals surface area (Å²) in [5, 5.41) is 3.93. The van der Waals surface area contributed by atoms with Crippen LogP contribution in [0, 0.1) is 0 Å². The number of aromatic nitrogens is 1. The molecule has 5 nitrogen and oxygen atoms in total. The first-order chi connectivity index (χ1) is 10.5. The zero-order valence-corrected chi connectivity index (χ0v) is 14.8. The summed E-state index contributed by atoms with van der Waals surface area (Å²) in [6.07, 6.45) is 7.61. The van der Waals surface area contributed by atoms with Gasteiger partial charge in [-0.1, -0.05) is 11.6 Å². The third-order valence-electron chi connectivity index (χ3n) is 5.07. The van der Waals surface area contributed by atoms with Gasteiger partial charge in [0.15, 0.2) is 0 Å². The van der Waals surface area contributed by atoms with Crippen molar-refractivity contribution in [2.45, 2.75) is 56.5 Å². The quantitative estimate of drug-likeness (QED) is 0.634. The molecule has 3 aliphatic rings. The number of halogens is 2. The van der Waals surface area contributed by atoms with Gasteiger partial charge in [-0.05, 0) is 51.5 Å². The summed E-state index contributed by atoms with van der Waals surface area (Å²) in [7, 11) is 0. The van der Waals surface area contributed by atoms with Crippen molar-refractivity contribution in [1.29, 1.82) is 0 Å². The molecule has 0 radical (unpaired) electrons. The summed E-state index contributed by atoms with van der Waals surface area (Å²) in [5.41, 5.74) is 7.53. The first kappa shape index (κ1) is 18.3. The van der Waals surface area contributed by atoms with Crippen LogP contribution in [0.15, 0.2) is 12.3 Å². The van der Waals surface area contributed by atoms with Gasteiger partial charge >= 0.3 is 5.97 Å². The molecule has 23 heavy (non-hydrogen) atoms. The van der Waals surface area contributed by atoms with E-state index in [1.807, 2.05) is 0 Å². The summed E-state index contributed by atoms with van der Waals surface area (Å²) >= 11 is 6.01. The number of nitrogens with zero attached hydrogens (tertiary/aromatic N) is 1. The highest BCUT2D eigenvalue weighted by Crippen LogP contribution is 2.47. The first-order valence-corrected chi connectivity index (χ1v) is 8.23. The standard InChI is InChI=1S/C16H22ClN3O2.ClH/c1-2-22-14(21)11-10-19-13(17)9-12(11)20-16-6-3-15(18,4-7-16)5-8-16;/h9-10H,2-8,18H2,1H3,(H,19,20);1H. The van der Waals surface area contributed by atoms with Crippen LogP contribution in [0.5, 0.6) is 0 Å². The van der Waals surface area contributed by atoms with Crippen molar-refractivity contribution in [3.8, 4) is 0 Å². The Kier molecular flexibility index (Phi) is 5.44. The van der Waals surface area contributed by atoms with Gasteiger partial charge < -0.3 is 15.8 Å². The van der Waals surface area contributed by atoms with Gasteiger partial charge in [0.05, 0.1) is 12.3 Å². The Morgan fingerprint density at radius 3 is 2.52 bits per heavy atom. The normalized spacial score (nSPS) is 28.8. The summed E-state index contributed by atoms with van der Waals surface area (Å²) in [4.78, 5) is 16.1. The average molecular weight is 360 g/mol. The summed E-state index contributed by atoms with van der Waals surface area (Å²) in [5.74, 6) is -0.370. The fourth-order valence-corrected chi connectivity index (χ4v) is 3.75. The largest absolute Gasteiger partial charge is 0.462 e. The smallest absolute Gasteiger partial charge is 0.341 e. The van der Waals surface area contributed by atoms with E-state index in [9.17, 15) is 4.79 Å². The summed E-state index contributed by atoms with van der Waals surface area (Å²) < 4.78 is 5.11. The minimum absolute atomic E-state index is 0. The molecule has 2 bridgehead atoms. The second kappa shape index (κ2) is 6.83. The topological polar surface area (TPSA) is 77.2 Å². The van der Waals surface area contributed by atoms with Gasteiger partial charge in [-0.15, -0.1) is 12.4 Å². The summed E-state index contributed by atoms with van der Waals surface area (Å²) in [6, 6.07) is 1.71. The lowest BCUT2D eigenvalue weighted by atomic mass is 9.62. The highest BCUT2D eigenvalue weighted by molar-refractivity contribution is 6.29. The molecule has 0 saturated heterocycles. The second-order valence-electron chi connectivity index (χ2n) is 6.54. The molecule has 3 fully saturated rings. The number of anilines is 1. The van der Waals surface area contributed by atoms with Gasteiger partial charge in [0.25, 0.3) is 0 Å². The van der Waals surface area contributed by atoms with E-state index in [1.165, 1.54) is 6.20 Å². The van der Waals surface area contributed by atoms with E-state index < -0.39 is 0 Å². The predicted octanol–water partition coefficient (Wildman–Crippen LogP) is 3.55. The fraction of sp³-hybridized carbons (Fsp3) is 0.625. The van der Waals surface area contributed by atoms with E-state index in [0.29, 0.717) is 23.0 Å². The van der Waals surface area contributed by atoms with E-state index in [-0.39, 0.29) is 29.5 Å². The minimum Gasteiger partial charge on any atom is -0.462 e. The molecule has 0 aliphatic heterocycles. The van der Waals surface area contributed by atoms with Gasteiger partial charge in [-0.25, -0.2) is 9.78 Å². The van der Waals surface area contributed by atoms with Crippen LogP contribution in [0.25, 0.3) is 0 Å². The van der Waals surface area contributed by atoms with Crippen LogP contribution < -0.4 is 11.1 Å². The molecule has 128 valence electrons. The molecule has 3 N–H and O–H groups in total. The number of carbonyl (C=O) groups excluding carboxylic acids is 1. The zero-order chi connectivity index (χ0) is 15.8. The Morgan fingerprint density at radius 1 is 1.35 bits per heavy atom. The maximum absolute atomic E-state index is 12.1. The van der Waals surface area contributed by atoms with Gasteiger partial charge in [0, 0.05) is 17.3 Å². The molecule has 0 aromatic carbocycles. The van der Waals surface area contributed by atoms with Crippen LogP contribution in [0.2, 0.25) is 5.15 Å². The van der Waals surface area contributed by atoms with Crippen LogP contribution >= 0.6 is 24.0 Å². The Bertz CT molecular complexity index is 570. The molecule has 3 saturated carbocycles. The number of fused-ring (bicyclic) bond motifs is 3. The molecule has 0 unspecified atom stereocenters. The van der Waals surface area contributed by atoms with Crippen molar-refractivity contribution >= 4 is 35.7 Å². The highest BCUT2D eigenvalue weighted by atomic mass is 35.5. The zero-order valence-electron chi connectivity index (χ0n) is 13.2. The maximum atomic E-state index is 12.1. The number of nitrogens with one attached hydrogen (secondary N) is 1. The average Bonchev–Trinajstić information content (AvgIpc) is 2.49. The molecule has 3 aliphatic carbocycles. The maximum Gasteiger partial charge on any atom is 0.341 e. The third kappa shape index (κ3) is 3.73. The van der Waals surface area contributed by atoms with Crippen LogP contribution in [-0.4, -0.2) is 28.6 Å². The number of pyridine rings is 1. The highest BCUT2D eigenvalue weighted by Gasteiger charge is 2.46. The molecule has 1 aromatic heterocycles. The molecule has 4 rings (SSSR count). The number of ether oxygens (including phenoxy) is 1. The molecule has 1 heterocycles. The predicted molar refractivity (Wildman–Crippen MR) is 93.4 cm³/mol.